The number of halogens is 2. The fraction of sp³-hybridized carbons (Fsp3) is 0.278. The molecule has 2 aromatic rings. The number of rotatable bonds is 7. The molecule has 0 aliphatic rings. The van der Waals surface area contributed by atoms with Crippen LogP contribution in [0.25, 0.3) is 0 Å². The molecule has 134 valence electrons. The number of carbonyl (C=O) groups is 1. The molecule has 0 atom stereocenters. The maximum atomic E-state index is 12.5. The number of para-hydroxylation sites is 1. The molecule has 0 aliphatic carbocycles. The monoisotopic (exact) mass is 350 g/mol. The number of ether oxygens (including phenoxy) is 2. The van der Waals surface area contributed by atoms with Crippen LogP contribution in [0.5, 0.6) is 11.5 Å². The molecular weight excluding hydrogens is 330 g/mol. The lowest BCUT2D eigenvalue weighted by atomic mass is 10.1. The van der Waals surface area contributed by atoms with Gasteiger partial charge in [-0.1, -0.05) is 18.2 Å². The van der Waals surface area contributed by atoms with Crippen molar-refractivity contribution in [2.45, 2.75) is 20.1 Å². The van der Waals surface area contributed by atoms with Gasteiger partial charge in [-0.15, -0.1) is 0 Å². The maximum absolute atomic E-state index is 12.5. The molecule has 0 fully saturated rings. The predicted molar refractivity (Wildman–Crippen MR) is 90.9 cm³/mol. The Morgan fingerprint density at radius 2 is 1.92 bits per heavy atom. The standard InChI is InChI=1S/C18H20F2N2O3/c1-3-24-16-10-12(8-9-15(16)25-18(19)20)11-22(2)17(23)13-6-4-5-7-14(13)21/h4-10,18H,3,11,21H2,1-2H3. The number of hydrogen-bond acceptors (Lipinski definition) is 4. The van der Waals surface area contributed by atoms with Gasteiger partial charge < -0.3 is 20.1 Å². The third kappa shape index (κ3) is 4.82. The Labute approximate surface area is 144 Å². The number of nitrogen functional groups attached to an aromatic ring is 1. The predicted octanol–water partition coefficient (Wildman–Crippen LogP) is 3.54. The van der Waals surface area contributed by atoms with Gasteiger partial charge in [0, 0.05) is 19.3 Å². The number of amides is 1. The van der Waals surface area contributed by atoms with E-state index in [-0.39, 0.29) is 24.0 Å². The van der Waals surface area contributed by atoms with Gasteiger partial charge in [-0.05, 0) is 36.8 Å². The second-order valence-electron chi connectivity index (χ2n) is 5.34. The highest BCUT2D eigenvalue weighted by Gasteiger charge is 2.16. The molecule has 0 aromatic heterocycles. The third-order valence-electron chi connectivity index (χ3n) is 3.48. The lowest BCUT2D eigenvalue weighted by Gasteiger charge is -2.19. The highest BCUT2D eigenvalue weighted by molar-refractivity contribution is 5.98. The van der Waals surface area contributed by atoms with Gasteiger partial charge in [-0.3, -0.25) is 4.79 Å². The van der Waals surface area contributed by atoms with E-state index >= 15 is 0 Å². The molecule has 1 amide bonds. The molecule has 0 radical (unpaired) electrons. The topological polar surface area (TPSA) is 64.8 Å². The van der Waals surface area contributed by atoms with Gasteiger partial charge in [-0.25, -0.2) is 0 Å². The first kappa shape index (κ1) is 18.5. The molecule has 5 nitrogen and oxygen atoms in total. The molecule has 2 rings (SSSR count). The number of nitrogens with zero attached hydrogens (tertiary/aromatic N) is 1. The molecule has 0 heterocycles. The zero-order valence-electron chi connectivity index (χ0n) is 14.0. The summed E-state index contributed by atoms with van der Waals surface area (Å²) in [6.07, 6.45) is 0. The van der Waals surface area contributed by atoms with Crippen LogP contribution in [-0.2, 0) is 6.54 Å². The molecule has 2 aromatic carbocycles. The van der Waals surface area contributed by atoms with Gasteiger partial charge in [0.15, 0.2) is 11.5 Å². The maximum Gasteiger partial charge on any atom is 0.387 e. The fourth-order valence-electron chi connectivity index (χ4n) is 2.36. The minimum atomic E-state index is -2.93. The quantitative estimate of drug-likeness (QED) is 0.776. The van der Waals surface area contributed by atoms with Gasteiger partial charge in [0.2, 0.25) is 0 Å². The van der Waals surface area contributed by atoms with Gasteiger partial charge in [-0.2, -0.15) is 8.78 Å². The molecule has 0 saturated heterocycles. The highest BCUT2D eigenvalue weighted by atomic mass is 19.3. The normalized spacial score (nSPS) is 10.6. The zero-order valence-corrected chi connectivity index (χ0v) is 14.0. The Kier molecular flexibility index (Phi) is 6.16. The van der Waals surface area contributed by atoms with E-state index in [1.54, 1.807) is 50.4 Å². The van der Waals surface area contributed by atoms with Crippen molar-refractivity contribution >= 4 is 11.6 Å². The fourth-order valence-corrected chi connectivity index (χ4v) is 2.36. The van der Waals surface area contributed by atoms with Crippen molar-refractivity contribution in [1.29, 1.82) is 0 Å². The molecule has 7 heteroatoms. The minimum Gasteiger partial charge on any atom is -0.490 e. The molecule has 0 bridgehead atoms. The van der Waals surface area contributed by atoms with Crippen LogP contribution in [0.1, 0.15) is 22.8 Å². The summed E-state index contributed by atoms with van der Waals surface area (Å²) in [5.74, 6) is -0.0637. The van der Waals surface area contributed by atoms with Crippen LogP contribution in [0.15, 0.2) is 42.5 Å². The first-order chi connectivity index (χ1) is 11.9. The van der Waals surface area contributed by atoms with Crippen LogP contribution >= 0.6 is 0 Å². The highest BCUT2D eigenvalue weighted by Crippen LogP contribution is 2.30. The second kappa shape index (κ2) is 8.32. The van der Waals surface area contributed by atoms with Gasteiger partial charge in [0.05, 0.1) is 12.2 Å². The molecule has 0 spiro atoms. The van der Waals surface area contributed by atoms with Crippen molar-refractivity contribution in [3.63, 3.8) is 0 Å². The number of nitrogens with two attached hydrogens (primary N) is 1. The van der Waals surface area contributed by atoms with E-state index < -0.39 is 6.61 Å². The van der Waals surface area contributed by atoms with E-state index in [1.165, 1.54) is 11.0 Å². The molecule has 0 saturated carbocycles. The number of benzene rings is 2. The average molecular weight is 350 g/mol. The van der Waals surface area contributed by atoms with E-state index in [1.807, 2.05) is 0 Å². The van der Waals surface area contributed by atoms with Crippen molar-refractivity contribution in [2.24, 2.45) is 0 Å². The van der Waals surface area contributed by atoms with Crippen LogP contribution in [0.2, 0.25) is 0 Å². The van der Waals surface area contributed by atoms with E-state index in [0.29, 0.717) is 17.9 Å². The summed E-state index contributed by atoms with van der Waals surface area (Å²) in [5, 5.41) is 0. The Morgan fingerprint density at radius 1 is 1.20 bits per heavy atom. The first-order valence-corrected chi connectivity index (χ1v) is 7.72. The molecule has 25 heavy (non-hydrogen) atoms. The summed E-state index contributed by atoms with van der Waals surface area (Å²) in [6.45, 7) is -0.622. The minimum absolute atomic E-state index is 0.0399. The van der Waals surface area contributed by atoms with E-state index in [0.717, 1.165) is 5.56 Å². The lowest BCUT2D eigenvalue weighted by Crippen LogP contribution is -2.27. The van der Waals surface area contributed by atoms with E-state index in [4.69, 9.17) is 10.5 Å². The summed E-state index contributed by atoms with van der Waals surface area (Å²) in [5.41, 5.74) is 7.35. The summed E-state index contributed by atoms with van der Waals surface area (Å²) < 4.78 is 34.7. The summed E-state index contributed by atoms with van der Waals surface area (Å²) >= 11 is 0. The molecule has 2 N–H and O–H groups in total. The molecule has 0 aliphatic heterocycles. The van der Waals surface area contributed by atoms with Gasteiger partial charge in [0.25, 0.3) is 5.91 Å². The van der Waals surface area contributed by atoms with Crippen LogP contribution in [0, 0.1) is 0 Å². The number of hydrogen-bond donors (Lipinski definition) is 1. The summed E-state index contributed by atoms with van der Waals surface area (Å²) in [4.78, 5) is 14.0. The number of anilines is 1. The average Bonchev–Trinajstić information content (AvgIpc) is 2.57. The van der Waals surface area contributed by atoms with Crippen molar-refractivity contribution in [3.8, 4) is 11.5 Å². The Hall–Kier alpha value is -2.83. The third-order valence-corrected chi connectivity index (χ3v) is 3.48. The molecular formula is C18H20F2N2O3. The Morgan fingerprint density at radius 3 is 2.56 bits per heavy atom. The van der Waals surface area contributed by atoms with Crippen LogP contribution in [0.4, 0.5) is 14.5 Å². The van der Waals surface area contributed by atoms with Crippen LogP contribution in [0.3, 0.4) is 0 Å². The van der Waals surface area contributed by atoms with E-state index in [2.05, 4.69) is 4.74 Å². The lowest BCUT2D eigenvalue weighted by molar-refractivity contribution is -0.0514. The zero-order chi connectivity index (χ0) is 18.4. The second-order valence-corrected chi connectivity index (χ2v) is 5.34. The van der Waals surface area contributed by atoms with Crippen molar-refractivity contribution in [1.82, 2.24) is 4.90 Å². The summed E-state index contributed by atoms with van der Waals surface area (Å²) in [7, 11) is 1.64. The van der Waals surface area contributed by atoms with Crippen molar-refractivity contribution in [3.05, 3.63) is 53.6 Å². The van der Waals surface area contributed by atoms with Crippen LogP contribution < -0.4 is 15.2 Å². The summed E-state index contributed by atoms with van der Waals surface area (Å²) in [6, 6.07) is 11.4. The van der Waals surface area contributed by atoms with E-state index in [9.17, 15) is 13.6 Å². The largest absolute Gasteiger partial charge is 0.490 e. The smallest absolute Gasteiger partial charge is 0.387 e. The SMILES string of the molecule is CCOc1cc(CN(C)C(=O)c2ccccc2N)ccc1OC(F)F. The Bertz CT molecular complexity index is 738. The van der Waals surface area contributed by atoms with Crippen molar-refractivity contribution in [2.75, 3.05) is 19.4 Å². The van der Waals surface area contributed by atoms with Crippen molar-refractivity contribution < 1.29 is 23.0 Å². The Balaban J connectivity index is 2.17. The van der Waals surface area contributed by atoms with Gasteiger partial charge >= 0.3 is 6.61 Å². The van der Waals surface area contributed by atoms with Gasteiger partial charge in [0.1, 0.15) is 0 Å². The molecule has 0 unspecified atom stereocenters. The van der Waals surface area contributed by atoms with Crippen LogP contribution in [-0.4, -0.2) is 31.1 Å². The number of alkyl halides is 2. The number of carbonyl (C=O) groups excluding carboxylic acids is 1. The first-order valence-electron chi connectivity index (χ1n) is 7.72.